The van der Waals surface area contributed by atoms with Crippen molar-refractivity contribution in [2.24, 2.45) is 5.84 Å². The van der Waals surface area contributed by atoms with Gasteiger partial charge in [0.05, 0.1) is 11.7 Å². The molecule has 0 aliphatic heterocycles. The Kier molecular flexibility index (Phi) is 3.05. The third-order valence-electron chi connectivity index (χ3n) is 2.25. The number of nitrogens with zero attached hydrogens (tertiary/aromatic N) is 2. The Balaban J connectivity index is 2.31. The van der Waals surface area contributed by atoms with Crippen LogP contribution in [0.2, 0.25) is 0 Å². The van der Waals surface area contributed by atoms with Gasteiger partial charge in [-0.15, -0.1) is 5.10 Å². The van der Waals surface area contributed by atoms with E-state index < -0.39 is 0 Å². The van der Waals surface area contributed by atoms with Gasteiger partial charge in [0.25, 0.3) is 0 Å². The van der Waals surface area contributed by atoms with Crippen molar-refractivity contribution in [2.75, 3.05) is 0 Å². The van der Waals surface area contributed by atoms with E-state index in [0.29, 0.717) is 0 Å². The van der Waals surface area contributed by atoms with Gasteiger partial charge in [0, 0.05) is 5.38 Å². The van der Waals surface area contributed by atoms with E-state index in [1.165, 1.54) is 17.1 Å². The van der Waals surface area contributed by atoms with Crippen molar-refractivity contribution in [1.29, 1.82) is 0 Å². The normalized spacial score (nSPS) is 12.7. The zero-order valence-corrected chi connectivity index (χ0v) is 9.16. The topological polar surface area (TPSA) is 63.8 Å². The number of benzene rings is 1. The molecule has 0 fully saturated rings. The van der Waals surface area contributed by atoms with Crippen LogP contribution in [0.1, 0.15) is 22.9 Å². The third kappa shape index (κ3) is 2.20. The molecule has 2 rings (SSSR count). The highest BCUT2D eigenvalue weighted by atomic mass is 32.1. The number of hydrogen-bond acceptors (Lipinski definition) is 5. The Morgan fingerprint density at radius 3 is 2.60 bits per heavy atom. The van der Waals surface area contributed by atoms with E-state index in [4.69, 9.17) is 5.84 Å². The lowest BCUT2D eigenvalue weighted by Gasteiger charge is -2.13. The van der Waals surface area contributed by atoms with Gasteiger partial charge in [-0.05, 0) is 24.0 Å². The second-order valence-corrected chi connectivity index (χ2v) is 3.95. The van der Waals surface area contributed by atoms with Crippen molar-refractivity contribution in [3.8, 4) is 0 Å². The predicted molar refractivity (Wildman–Crippen MR) is 60.3 cm³/mol. The minimum Gasteiger partial charge on any atom is -0.271 e. The van der Waals surface area contributed by atoms with Crippen molar-refractivity contribution in [3.63, 3.8) is 0 Å². The number of nitrogens with two attached hydrogens (primary N) is 1. The molecule has 1 aromatic carbocycles. The fourth-order valence-electron chi connectivity index (χ4n) is 1.41. The van der Waals surface area contributed by atoms with Crippen LogP contribution in [-0.2, 0) is 0 Å². The van der Waals surface area contributed by atoms with Gasteiger partial charge in [0.2, 0.25) is 0 Å². The SMILES string of the molecule is Cc1ccc(C(NN)c2csnn2)cc1. The summed E-state index contributed by atoms with van der Waals surface area (Å²) >= 11 is 1.32. The molecular weight excluding hydrogens is 208 g/mol. The second-order valence-electron chi connectivity index (χ2n) is 3.34. The van der Waals surface area contributed by atoms with Gasteiger partial charge in [-0.2, -0.15) is 0 Å². The van der Waals surface area contributed by atoms with E-state index in [-0.39, 0.29) is 6.04 Å². The van der Waals surface area contributed by atoms with Crippen molar-refractivity contribution >= 4 is 11.5 Å². The molecular formula is C10H12N4S. The van der Waals surface area contributed by atoms with Crippen LogP contribution in [0.3, 0.4) is 0 Å². The molecule has 15 heavy (non-hydrogen) atoms. The van der Waals surface area contributed by atoms with E-state index in [1.807, 2.05) is 17.5 Å². The summed E-state index contributed by atoms with van der Waals surface area (Å²) in [6.45, 7) is 2.05. The molecule has 0 saturated carbocycles. The quantitative estimate of drug-likeness (QED) is 0.606. The fraction of sp³-hybridized carbons (Fsp3) is 0.200. The summed E-state index contributed by atoms with van der Waals surface area (Å²) in [6.07, 6.45) is 0. The van der Waals surface area contributed by atoms with Crippen molar-refractivity contribution in [3.05, 3.63) is 46.5 Å². The Hall–Kier alpha value is -1.30. The molecule has 0 radical (unpaired) electrons. The number of nitrogens with one attached hydrogen (secondary N) is 1. The average molecular weight is 220 g/mol. The molecule has 0 bridgehead atoms. The molecule has 0 amide bonds. The second kappa shape index (κ2) is 4.48. The van der Waals surface area contributed by atoms with Gasteiger partial charge in [-0.3, -0.25) is 5.84 Å². The van der Waals surface area contributed by atoms with Crippen LogP contribution < -0.4 is 11.3 Å². The summed E-state index contributed by atoms with van der Waals surface area (Å²) in [7, 11) is 0. The Labute approximate surface area is 92.3 Å². The summed E-state index contributed by atoms with van der Waals surface area (Å²) in [4.78, 5) is 0. The van der Waals surface area contributed by atoms with Crippen LogP contribution in [-0.4, -0.2) is 9.59 Å². The molecule has 3 N–H and O–H groups in total. The number of aryl methyl sites for hydroxylation is 1. The highest BCUT2D eigenvalue weighted by molar-refractivity contribution is 7.03. The van der Waals surface area contributed by atoms with Crippen LogP contribution in [0.5, 0.6) is 0 Å². The van der Waals surface area contributed by atoms with E-state index in [9.17, 15) is 0 Å². The van der Waals surface area contributed by atoms with Gasteiger partial charge in [-0.25, -0.2) is 5.43 Å². The smallest absolute Gasteiger partial charge is 0.0983 e. The Morgan fingerprint density at radius 2 is 2.07 bits per heavy atom. The molecule has 1 aromatic heterocycles. The largest absolute Gasteiger partial charge is 0.271 e. The first-order chi connectivity index (χ1) is 7.31. The van der Waals surface area contributed by atoms with Crippen LogP contribution in [0.15, 0.2) is 29.6 Å². The first-order valence-corrected chi connectivity index (χ1v) is 5.44. The van der Waals surface area contributed by atoms with Gasteiger partial charge in [0.15, 0.2) is 0 Å². The van der Waals surface area contributed by atoms with E-state index in [0.717, 1.165) is 11.3 Å². The van der Waals surface area contributed by atoms with Crippen LogP contribution >= 0.6 is 11.5 Å². The molecule has 0 spiro atoms. The van der Waals surface area contributed by atoms with Gasteiger partial charge < -0.3 is 0 Å². The third-order valence-corrected chi connectivity index (χ3v) is 2.77. The molecule has 0 aliphatic rings. The van der Waals surface area contributed by atoms with Crippen LogP contribution in [0.4, 0.5) is 0 Å². The Morgan fingerprint density at radius 1 is 1.33 bits per heavy atom. The molecule has 1 unspecified atom stereocenters. The maximum Gasteiger partial charge on any atom is 0.0983 e. The maximum atomic E-state index is 5.52. The highest BCUT2D eigenvalue weighted by Gasteiger charge is 2.14. The van der Waals surface area contributed by atoms with E-state index in [2.05, 4.69) is 34.1 Å². The molecule has 1 heterocycles. The predicted octanol–water partition coefficient (Wildman–Crippen LogP) is 1.40. The number of hydrazine groups is 1. The van der Waals surface area contributed by atoms with Crippen LogP contribution in [0, 0.1) is 6.92 Å². The first-order valence-electron chi connectivity index (χ1n) is 4.61. The van der Waals surface area contributed by atoms with Gasteiger partial charge >= 0.3 is 0 Å². The molecule has 0 saturated heterocycles. The monoisotopic (exact) mass is 220 g/mol. The summed E-state index contributed by atoms with van der Waals surface area (Å²) in [5, 5.41) is 5.91. The standard InChI is InChI=1S/C10H12N4S/c1-7-2-4-8(5-3-7)10(12-11)9-6-15-14-13-9/h2-6,10,12H,11H2,1H3. The van der Waals surface area contributed by atoms with E-state index >= 15 is 0 Å². The molecule has 5 heteroatoms. The fourth-order valence-corrected chi connectivity index (χ4v) is 1.89. The van der Waals surface area contributed by atoms with Crippen molar-refractivity contribution in [1.82, 2.24) is 15.0 Å². The summed E-state index contributed by atoms with van der Waals surface area (Å²) in [5.74, 6) is 5.52. The van der Waals surface area contributed by atoms with Gasteiger partial charge in [-0.1, -0.05) is 34.3 Å². The molecule has 2 aromatic rings. The minimum atomic E-state index is -0.0793. The molecule has 1 atom stereocenters. The summed E-state index contributed by atoms with van der Waals surface area (Å²) in [6, 6.07) is 8.11. The van der Waals surface area contributed by atoms with E-state index in [1.54, 1.807) is 0 Å². The minimum absolute atomic E-state index is 0.0793. The number of rotatable bonds is 3. The van der Waals surface area contributed by atoms with Crippen molar-refractivity contribution < 1.29 is 0 Å². The maximum absolute atomic E-state index is 5.52. The first kappa shape index (κ1) is 10.2. The van der Waals surface area contributed by atoms with Crippen molar-refractivity contribution in [2.45, 2.75) is 13.0 Å². The highest BCUT2D eigenvalue weighted by Crippen LogP contribution is 2.20. The zero-order valence-electron chi connectivity index (χ0n) is 8.34. The zero-order chi connectivity index (χ0) is 10.7. The summed E-state index contributed by atoms with van der Waals surface area (Å²) < 4.78 is 3.83. The van der Waals surface area contributed by atoms with Crippen LogP contribution in [0.25, 0.3) is 0 Å². The lowest BCUT2D eigenvalue weighted by Crippen LogP contribution is -2.29. The van der Waals surface area contributed by atoms with Gasteiger partial charge in [0.1, 0.15) is 0 Å². The molecule has 0 aliphatic carbocycles. The lowest BCUT2D eigenvalue weighted by molar-refractivity contribution is 0.618. The number of aromatic nitrogens is 2. The lowest BCUT2D eigenvalue weighted by atomic mass is 10.0. The average Bonchev–Trinajstić information content (AvgIpc) is 2.75. The summed E-state index contributed by atoms with van der Waals surface area (Å²) in [5.41, 5.74) is 5.92. The Bertz CT molecular complexity index is 409. The molecule has 4 nitrogen and oxygen atoms in total. The molecule has 78 valence electrons. The number of hydrogen-bond donors (Lipinski definition) is 2.